The van der Waals surface area contributed by atoms with Crippen LogP contribution in [-0.4, -0.2) is 25.3 Å². The van der Waals surface area contributed by atoms with E-state index in [1.807, 2.05) is 0 Å². The highest BCUT2D eigenvalue weighted by atomic mass is 16.5. The van der Waals surface area contributed by atoms with Crippen molar-refractivity contribution in [1.29, 1.82) is 0 Å². The summed E-state index contributed by atoms with van der Waals surface area (Å²) in [6.07, 6.45) is 9.69. The van der Waals surface area contributed by atoms with Gasteiger partial charge in [-0.25, -0.2) is 0 Å². The molecule has 1 saturated carbocycles. The van der Waals surface area contributed by atoms with E-state index < -0.39 is 0 Å². The van der Waals surface area contributed by atoms with Crippen molar-refractivity contribution in [1.82, 2.24) is 5.32 Å². The quantitative estimate of drug-likeness (QED) is 0.772. The predicted octanol–water partition coefficient (Wildman–Crippen LogP) is 2.72. The molecule has 1 saturated heterocycles. The molecule has 0 bridgehead atoms. The van der Waals surface area contributed by atoms with Crippen molar-refractivity contribution in [2.75, 3.05) is 13.2 Å². The lowest BCUT2D eigenvalue weighted by atomic mass is 9.83. The third kappa shape index (κ3) is 3.46. The van der Waals surface area contributed by atoms with Gasteiger partial charge in [0.15, 0.2) is 0 Å². The predicted molar refractivity (Wildman–Crippen MR) is 63.0 cm³/mol. The van der Waals surface area contributed by atoms with E-state index in [4.69, 9.17) is 4.74 Å². The zero-order valence-corrected chi connectivity index (χ0v) is 10.0. The van der Waals surface area contributed by atoms with Crippen molar-refractivity contribution in [2.24, 2.45) is 5.92 Å². The van der Waals surface area contributed by atoms with Gasteiger partial charge in [0.25, 0.3) is 0 Å². The van der Waals surface area contributed by atoms with Gasteiger partial charge in [0, 0.05) is 18.7 Å². The van der Waals surface area contributed by atoms with E-state index in [0.29, 0.717) is 6.04 Å². The van der Waals surface area contributed by atoms with E-state index in [1.54, 1.807) is 0 Å². The first kappa shape index (κ1) is 11.4. The summed E-state index contributed by atoms with van der Waals surface area (Å²) in [4.78, 5) is 0. The maximum atomic E-state index is 5.40. The first-order valence-corrected chi connectivity index (χ1v) is 6.72. The van der Waals surface area contributed by atoms with Gasteiger partial charge in [0.2, 0.25) is 0 Å². The average molecular weight is 211 g/mol. The molecule has 0 spiro atoms. The minimum Gasteiger partial charge on any atom is -0.380 e. The van der Waals surface area contributed by atoms with Crippen molar-refractivity contribution in [2.45, 2.75) is 64.0 Å². The summed E-state index contributed by atoms with van der Waals surface area (Å²) >= 11 is 0. The van der Waals surface area contributed by atoms with Gasteiger partial charge in [-0.3, -0.25) is 0 Å². The van der Waals surface area contributed by atoms with Gasteiger partial charge in [-0.15, -0.1) is 0 Å². The van der Waals surface area contributed by atoms with E-state index in [-0.39, 0.29) is 0 Å². The van der Waals surface area contributed by atoms with Crippen molar-refractivity contribution < 1.29 is 4.74 Å². The Morgan fingerprint density at radius 1 is 1.07 bits per heavy atom. The first-order chi connectivity index (χ1) is 7.38. The van der Waals surface area contributed by atoms with E-state index >= 15 is 0 Å². The van der Waals surface area contributed by atoms with Gasteiger partial charge < -0.3 is 10.1 Å². The van der Waals surface area contributed by atoms with Crippen LogP contribution in [0.15, 0.2) is 0 Å². The zero-order valence-electron chi connectivity index (χ0n) is 10.0. The van der Waals surface area contributed by atoms with Crippen LogP contribution in [0.2, 0.25) is 0 Å². The highest BCUT2D eigenvalue weighted by Gasteiger charge is 2.24. The number of hydrogen-bond acceptors (Lipinski definition) is 2. The standard InChI is InChI=1S/C13H25NO/c1-2-3-11-4-6-12(7-5-11)14-13-8-9-15-10-13/h11-14H,2-10H2,1H3. The Hall–Kier alpha value is -0.0800. The van der Waals surface area contributed by atoms with Crippen LogP contribution in [0, 0.1) is 5.92 Å². The molecule has 2 nitrogen and oxygen atoms in total. The summed E-state index contributed by atoms with van der Waals surface area (Å²) in [5, 5.41) is 3.76. The molecule has 1 atom stereocenters. The summed E-state index contributed by atoms with van der Waals surface area (Å²) in [5.74, 6) is 1.02. The summed E-state index contributed by atoms with van der Waals surface area (Å²) in [7, 11) is 0. The highest BCUT2D eigenvalue weighted by Crippen LogP contribution is 2.28. The summed E-state index contributed by atoms with van der Waals surface area (Å²) in [5.41, 5.74) is 0. The van der Waals surface area contributed by atoms with Gasteiger partial charge in [-0.05, 0) is 38.0 Å². The molecule has 1 N–H and O–H groups in total. The summed E-state index contributed by atoms with van der Waals surface area (Å²) in [6.45, 7) is 4.21. The molecule has 0 aromatic heterocycles. The molecule has 0 aromatic rings. The molecule has 0 amide bonds. The van der Waals surface area contributed by atoms with E-state index in [9.17, 15) is 0 Å². The Balaban J connectivity index is 1.64. The Kier molecular flexibility index (Phi) is 4.45. The number of ether oxygens (including phenoxy) is 1. The van der Waals surface area contributed by atoms with Crippen molar-refractivity contribution in [3.05, 3.63) is 0 Å². The van der Waals surface area contributed by atoms with Crippen LogP contribution in [0.1, 0.15) is 51.9 Å². The SMILES string of the molecule is CCCC1CCC(NC2CCOC2)CC1. The molecule has 0 radical (unpaired) electrons. The molecule has 2 rings (SSSR count). The van der Waals surface area contributed by atoms with Crippen LogP contribution < -0.4 is 5.32 Å². The number of hydrogen-bond donors (Lipinski definition) is 1. The average Bonchev–Trinajstić information content (AvgIpc) is 2.74. The molecule has 2 fully saturated rings. The van der Waals surface area contributed by atoms with Crippen LogP contribution >= 0.6 is 0 Å². The molecule has 1 aliphatic carbocycles. The number of nitrogens with one attached hydrogen (secondary N) is 1. The maximum Gasteiger partial charge on any atom is 0.0620 e. The Bertz CT molecular complexity index is 169. The zero-order chi connectivity index (χ0) is 10.5. The second-order valence-electron chi connectivity index (χ2n) is 5.23. The summed E-state index contributed by atoms with van der Waals surface area (Å²) in [6, 6.07) is 1.43. The molecular weight excluding hydrogens is 186 g/mol. The maximum absolute atomic E-state index is 5.40. The van der Waals surface area contributed by atoms with Gasteiger partial charge in [0.1, 0.15) is 0 Å². The third-order valence-electron chi connectivity index (χ3n) is 3.94. The van der Waals surface area contributed by atoms with Crippen LogP contribution in [-0.2, 0) is 4.74 Å². The molecular formula is C13H25NO. The molecule has 2 heteroatoms. The Morgan fingerprint density at radius 3 is 2.47 bits per heavy atom. The van der Waals surface area contributed by atoms with Crippen molar-refractivity contribution in [3.63, 3.8) is 0 Å². The fraction of sp³-hybridized carbons (Fsp3) is 1.00. The molecule has 0 aromatic carbocycles. The fourth-order valence-corrected chi connectivity index (χ4v) is 3.03. The molecule has 15 heavy (non-hydrogen) atoms. The highest BCUT2D eigenvalue weighted by molar-refractivity contribution is 4.81. The topological polar surface area (TPSA) is 21.3 Å². The van der Waals surface area contributed by atoms with Crippen LogP contribution in [0.5, 0.6) is 0 Å². The number of rotatable bonds is 4. The van der Waals surface area contributed by atoms with Crippen LogP contribution in [0.3, 0.4) is 0 Å². The van der Waals surface area contributed by atoms with Crippen LogP contribution in [0.25, 0.3) is 0 Å². The monoisotopic (exact) mass is 211 g/mol. The normalized spacial score (nSPS) is 37.0. The smallest absolute Gasteiger partial charge is 0.0620 e. The van der Waals surface area contributed by atoms with Gasteiger partial charge in [0.05, 0.1) is 6.61 Å². The first-order valence-electron chi connectivity index (χ1n) is 6.72. The fourth-order valence-electron chi connectivity index (χ4n) is 3.03. The summed E-state index contributed by atoms with van der Waals surface area (Å²) < 4.78 is 5.40. The second-order valence-corrected chi connectivity index (χ2v) is 5.23. The van der Waals surface area contributed by atoms with Crippen LogP contribution in [0.4, 0.5) is 0 Å². The lowest BCUT2D eigenvalue weighted by Crippen LogP contribution is -2.40. The van der Waals surface area contributed by atoms with E-state index in [0.717, 1.165) is 25.2 Å². The second kappa shape index (κ2) is 5.86. The third-order valence-corrected chi connectivity index (χ3v) is 3.94. The van der Waals surface area contributed by atoms with Gasteiger partial charge in [-0.1, -0.05) is 19.8 Å². The molecule has 1 unspecified atom stereocenters. The van der Waals surface area contributed by atoms with Gasteiger partial charge >= 0.3 is 0 Å². The lowest BCUT2D eigenvalue weighted by molar-refractivity contribution is 0.183. The van der Waals surface area contributed by atoms with Crippen molar-refractivity contribution in [3.8, 4) is 0 Å². The molecule has 1 heterocycles. The van der Waals surface area contributed by atoms with E-state index in [2.05, 4.69) is 12.2 Å². The Labute approximate surface area is 93.8 Å². The van der Waals surface area contributed by atoms with E-state index in [1.165, 1.54) is 44.9 Å². The van der Waals surface area contributed by atoms with Gasteiger partial charge in [-0.2, -0.15) is 0 Å². The minimum absolute atomic E-state index is 0.651. The Morgan fingerprint density at radius 2 is 1.87 bits per heavy atom. The largest absolute Gasteiger partial charge is 0.380 e. The molecule has 88 valence electrons. The van der Waals surface area contributed by atoms with Crippen molar-refractivity contribution >= 4 is 0 Å². The molecule has 1 aliphatic heterocycles. The lowest BCUT2D eigenvalue weighted by Gasteiger charge is -2.30. The molecule has 2 aliphatic rings. The minimum atomic E-state index is 0.651.